The van der Waals surface area contributed by atoms with Crippen LogP contribution in [0.1, 0.15) is 32.0 Å². The molecule has 0 unspecified atom stereocenters. The van der Waals surface area contributed by atoms with Crippen molar-refractivity contribution in [1.29, 1.82) is 0 Å². The smallest absolute Gasteiger partial charge is 0.191 e. The van der Waals surface area contributed by atoms with E-state index in [9.17, 15) is 0 Å². The molecule has 6 heteroatoms. The van der Waals surface area contributed by atoms with E-state index in [1.807, 2.05) is 17.8 Å². The molecule has 0 atom stereocenters. The maximum atomic E-state index is 4.65. The molecule has 1 heterocycles. The van der Waals surface area contributed by atoms with Gasteiger partial charge in [-0.3, -0.25) is 4.68 Å². The number of aromatic nitrogens is 2. The largest absolute Gasteiger partial charge is 0.357 e. The van der Waals surface area contributed by atoms with Crippen LogP contribution in [0.3, 0.4) is 0 Å². The molecule has 0 aliphatic carbocycles. The average Bonchev–Trinajstić information content (AvgIpc) is 2.96. The van der Waals surface area contributed by atoms with Gasteiger partial charge in [0.25, 0.3) is 0 Å². The van der Waals surface area contributed by atoms with Crippen molar-refractivity contribution in [1.82, 2.24) is 20.4 Å². The Morgan fingerprint density at radius 1 is 1.21 bits per heavy atom. The van der Waals surface area contributed by atoms with E-state index in [1.165, 1.54) is 5.56 Å². The van der Waals surface area contributed by atoms with Gasteiger partial charge < -0.3 is 10.6 Å². The van der Waals surface area contributed by atoms with Crippen LogP contribution in [0.15, 0.2) is 46.0 Å². The number of halogens is 1. The van der Waals surface area contributed by atoms with Gasteiger partial charge in [-0.2, -0.15) is 5.10 Å². The summed E-state index contributed by atoms with van der Waals surface area (Å²) in [5.41, 5.74) is 2.38. The Labute approximate surface area is 152 Å². The predicted octanol–water partition coefficient (Wildman–Crippen LogP) is 3.22. The number of rotatable bonds is 6. The number of guanidine groups is 1. The van der Waals surface area contributed by atoms with Crippen molar-refractivity contribution in [3.05, 3.63) is 52.3 Å². The minimum absolute atomic E-state index is 0.00339. The van der Waals surface area contributed by atoms with Crippen LogP contribution in [-0.2, 0) is 19.0 Å². The number of nitrogens with zero attached hydrogens (tertiary/aromatic N) is 3. The molecule has 0 bridgehead atoms. The van der Waals surface area contributed by atoms with Crippen molar-refractivity contribution >= 4 is 21.9 Å². The second-order valence-corrected chi connectivity index (χ2v) is 7.30. The molecule has 2 rings (SSSR count). The van der Waals surface area contributed by atoms with E-state index >= 15 is 0 Å². The second-order valence-electron chi connectivity index (χ2n) is 6.39. The Morgan fingerprint density at radius 2 is 1.92 bits per heavy atom. The number of nitrogens with one attached hydrogen (secondary N) is 2. The van der Waals surface area contributed by atoms with Crippen LogP contribution in [0.25, 0.3) is 0 Å². The molecule has 0 amide bonds. The molecule has 1 aromatic heterocycles. The SMILES string of the molecule is CCNC(=NCc1ccnn1C)NCC(C)(C)c1ccc(Br)cc1. The van der Waals surface area contributed by atoms with Crippen LogP contribution in [0.5, 0.6) is 0 Å². The van der Waals surface area contributed by atoms with Crippen molar-refractivity contribution in [2.45, 2.75) is 32.7 Å². The molecule has 24 heavy (non-hydrogen) atoms. The first-order valence-corrected chi connectivity index (χ1v) is 8.97. The molecule has 5 nitrogen and oxygen atoms in total. The van der Waals surface area contributed by atoms with Gasteiger partial charge in [0.15, 0.2) is 5.96 Å². The molecule has 2 aromatic rings. The molecule has 0 aliphatic heterocycles. The van der Waals surface area contributed by atoms with E-state index in [4.69, 9.17) is 0 Å². The summed E-state index contributed by atoms with van der Waals surface area (Å²) in [7, 11) is 1.93. The third kappa shape index (κ3) is 5.09. The van der Waals surface area contributed by atoms with Crippen LogP contribution in [-0.4, -0.2) is 28.8 Å². The summed E-state index contributed by atoms with van der Waals surface area (Å²) >= 11 is 3.49. The normalized spacial score (nSPS) is 12.3. The minimum atomic E-state index is 0.00339. The first-order chi connectivity index (χ1) is 11.4. The predicted molar refractivity (Wildman–Crippen MR) is 103 cm³/mol. The molecular formula is C18H26BrN5. The Morgan fingerprint density at radius 3 is 2.50 bits per heavy atom. The van der Waals surface area contributed by atoms with Gasteiger partial charge in [-0.1, -0.05) is 41.9 Å². The van der Waals surface area contributed by atoms with Gasteiger partial charge in [-0.15, -0.1) is 0 Å². The lowest BCUT2D eigenvalue weighted by atomic mass is 9.85. The Bertz CT molecular complexity index is 673. The van der Waals surface area contributed by atoms with E-state index in [0.29, 0.717) is 6.54 Å². The summed E-state index contributed by atoms with van der Waals surface area (Å²) in [5, 5.41) is 10.9. The zero-order valence-electron chi connectivity index (χ0n) is 14.8. The molecule has 0 aliphatic rings. The van der Waals surface area contributed by atoms with E-state index in [2.05, 4.69) is 81.7 Å². The molecule has 0 saturated carbocycles. The van der Waals surface area contributed by atoms with Crippen LogP contribution in [0.2, 0.25) is 0 Å². The van der Waals surface area contributed by atoms with Gasteiger partial charge in [0.1, 0.15) is 0 Å². The van der Waals surface area contributed by atoms with Crippen molar-refractivity contribution in [3.63, 3.8) is 0 Å². The fourth-order valence-corrected chi connectivity index (χ4v) is 2.63. The first-order valence-electron chi connectivity index (χ1n) is 8.17. The molecular weight excluding hydrogens is 366 g/mol. The van der Waals surface area contributed by atoms with E-state index in [-0.39, 0.29) is 5.41 Å². The topological polar surface area (TPSA) is 54.2 Å². The van der Waals surface area contributed by atoms with Gasteiger partial charge in [-0.25, -0.2) is 4.99 Å². The maximum absolute atomic E-state index is 4.65. The number of aliphatic imine (C=N–C) groups is 1. The van der Waals surface area contributed by atoms with Crippen molar-refractivity contribution in [2.75, 3.05) is 13.1 Å². The Kier molecular flexibility index (Phi) is 6.43. The summed E-state index contributed by atoms with van der Waals surface area (Å²) < 4.78 is 2.94. The molecule has 2 N–H and O–H groups in total. The molecule has 0 radical (unpaired) electrons. The van der Waals surface area contributed by atoms with Crippen molar-refractivity contribution in [3.8, 4) is 0 Å². The molecule has 0 saturated heterocycles. The molecule has 130 valence electrons. The molecule has 1 aromatic carbocycles. The average molecular weight is 392 g/mol. The minimum Gasteiger partial charge on any atom is -0.357 e. The first kappa shape index (κ1) is 18.5. The van der Waals surface area contributed by atoms with Crippen LogP contribution in [0, 0.1) is 0 Å². The summed E-state index contributed by atoms with van der Waals surface area (Å²) in [6.07, 6.45) is 1.79. The zero-order chi connectivity index (χ0) is 17.6. The maximum Gasteiger partial charge on any atom is 0.191 e. The number of hydrogen-bond acceptors (Lipinski definition) is 2. The Hall–Kier alpha value is -1.82. The van der Waals surface area contributed by atoms with Crippen molar-refractivity contribution in [2.24, 2.45) is 12.0 Å². The summed E-state index contributed by atoms with van der Waals surface area (Å²) in [5.74, 6) is 0.823. The van der Waals surface area contributed by atoms with Gasteiger partial charge in [0.2, 0.25) is 0 Å². The van der Waals surface area contributed by atoms with Gasteiger partial charge >= 0.3 is 0 Å². The van der Waals surface area contributed by atoms with Crippen LogP contribution in [0.4, 0.5) is 0 Å². The molecule has 0 fully saturated rings. The second kappa shape index (κ2) is 8.33. The van der Waals surface area contributed by atoms with Gasteiger partial charge in [0.05, 0.1) is 12.2 Å². The number of hydrogen-bond donors (Lipinski definition) is 2. The quantitative estimate of drug-likeness (QED) is 0.586. The highest BCUT2D eigenvalue weighted by atomic mass is 79.9. The van der Waals surface area contributed by atoms with E-state index in [1.54, 1.807) is 6.20 Å². The lowest BCUT2D eigenvalue weighted by Crippen LogP contribution is -2.43. The zero-order valence-corrected chi connectivity index (χ0v) is 16.4. The highest BCUT2D eigenvalue weighted by molar-refractivity contribution is 9.10. The summed E-state index contributed by atoms with van der Waals surface area (Å²) in [4.78, 5) is 4.65. The third-order valence-electron chi connectivity index (χ3n) is 3.99. The molecule has 0 spiro atoms. The lowest BCUT2D eigenvalue weighted by molar-refractivity contribution is 0.508. The van der Waals surface area contributed by atoms with E-state index in [0.717, 1.165) is 29.2 Å². The van der Waals surface area contributed by atoms with Crippen molar-refractivity contribution < 1.29 is 0 Å². The summed E-state index contributed by atoms with van der Waals surface area (Å²) in [6.45, 7) is 8.76. The fourth-order valence-electron chi connectivity index (χ4n) is 2.37. The fraction of sp³-hybridized carbons (Fsp3) is 0.444. The van der Waals surface area contributed by atoms with E-state index < -0.39 is 0 Å². The highest BCUT2D eigenvalue weighted by Crippen LogP contribution is 2.23. The standard InChI is InChI=1S/C18H26BrN5/c1-5-20-17(21-12-16-10-11-23-24(16)4)22-13-18(2,3)14-6-8-15(19)9-7-14/h6-11H,5,12-13H2,1-4H3,(H2,20,21,22). The Balaban J connectivity index is 2.02. The summed E-state index contributed by atoms with van der Waals surface area (Å²) in [6, 6.07) is 10.5. The van der Waals surface area contributed by atoms with Crippen LogP contribution >= 0.6 is 15.9 Å². The number of benzene rings is 1. The lowest BCUT2D eigenvalue weighted by Gasteiger charge is -2.27. The third-order valence-corrected chi connectivity index (χ3v) is 4.52. The number of aryl methyl sites for hydroxylation is 1. The van der Waals surface area contributed by atoms with Crippen LogP contribution < -0.4 is 10.6 Å². The monoisotopic (exact) mass is 391 g/mol. The van der Waals surface area contributed by atoms with Gasteiger partial charge in [0, 0.05) is 36.2 Å². The van der Waals surface area contributed by atoms with Gasteiger partial charge in [-0.05, 0) is 30.7 Å². The highest BCUT2D eigenvalue weighted by Gasteiger charge is 2.20.